The Hall–Kier alpha value is -1.64. The third kappa shape index (κ3) is 2.69. The van der Waals surface area contributed by atoms with Gasteiger partial charge in [0.25, 0.3) is 0 Å². The molecule has 0 fully saturated rings. The van der Waals surface area contributed by atoms with Crippen LogP contribution in [0.15, 0.2) is 29.8 Å². The summed E-state index contributed by atoms with van der Waals surface area (Å²) in [7, 11) is 0. The molecule has 0 unspecified atom stereocenters. The highest BCUT2D eigenvalue weighted by atomic mass is 16.7. The number of hydrogen-bond acceptors (Lipinski definition) is 3. The van der Waals surface area contributed by atoms with Crippen molar-refractivity contribution in [1.29, 1.82) is 0 Å². The third-order valence-corrected chi connectivity index (χ3v) is 2.28. The molecule has 1 aliphatic heterocycles. The van der Waals surface area contributed by atoms with Crippen LogP contribution < -0.4 is 14.2 Å². The first kappa shape index (κ1) is 10.9. The van der Waals surface area contributed by atoms with Crippen LogP contribution in [0.2, 0.25) is 0 Å². The number of hydrogen-bond donors (Lipinski definition) is 0. The van der Waals surface area contributed by atoms with Crippen molar-refractivity contribution in [2.75, 3.05) is 13.4 Å². The molecule has 0 aromatic heterocycles. The molecule has 0 saturated heterocycles. The van der Waals surface area contributed by atoms with Gasteiger partial charge >= 0.3 is 0 Å². The molecular formula is C13H16O3. The van der Waals surface area contributed by atoms with Gasteiger partial charge in [0.2, 0.25) is 6.79 Å². The summed E-state index contributed by atoms with van der Waals surface area (Å²) in [6, 6.07) is 5.64. The zero-order valence-corrected chi connectivity index (χ0v) is 9.66. The molecule has 1 aromatic carbocycles. The second kappa shape index (κ2) is 4.92. The first-order valence-electron chi connectivity index (χ1n) is 5.41. The average Bonchev–Trinajstić information content (AvgIpc) is 2.71. The van der Waals surface area contributed by atoms with Crippen molar-refractivity contribution < 1.29 is 14.2 Å². The van der Waals surface area contributed by atoms with Crippen LogP contribution in [-0.2, 0) is 0 Å². The Morgan fingerprint density at radius 1 is 1.31 bits per heavy atom. The molecule has 1 heterocycles. The molecule has 0 saturated carbocycles. The summed E-state index contributed by atoms with van der Waals surface area (Å²) in [6.07, 6.45) is 3.09. The lowest BCUT2D eigenvalue weighted by atomic mass is 10.3. The summed E-state index contributed by atoms with van der Waals surface area (Å²) in [5, 5.41) is 0. The predicted molar refractivity (Wildman–Crippen MR) is 62.1 cm³/mol. The van der Waals surface area contributed by atoms with Gasteiger partial charge in [-0.05, 0) is 32.4 Å². The lowest BCUT2D eigenvalue weighted by Crippen LogP contribution is -1.95. The summed E-state index contributed by atoms with van der Waals surface area (Å²) in [4.78, 5) is 0. The van der Waals surface area contributed by atoms with E-state index in [-0.39, 0.29) is 0 Å². The van der Waals surface area contributed by atoms with Gasteiger partial charge < -0.3 is 14.2 Å². The minimum Gasteiger partial charge on any atom is -0.493 e. The number of benzene rings is 1. The van der Waals surface area contributed by atoms with Gasteiger partial charge in [-0.1, -0.05) is 11.6 Å². The van der Waals surface area contributed by atoms with E-state index in [2.05, 4.69) is 19.9 Å². The van der Waals surface area contributed by atoms with Crippen molar-refractivity contribution >= 4 is 0 Å². The number of rotatable bonds is 4. The Kier molecular flexibility index (Phi) is 3.34. The highest BCUT2D eigenvalue weighted by Gasteiger charge is 2.13. The van der Waals surface area contributed by atoms with Gasteiger partial charge in [0.05, 0.1) is 6.61 Å². The van der Waals surface area contributed by atoms with Gasteiger partial charge in [0.1, 0.15) is 5.75 Å². The molecule has 0 N–H and O–H groups in total. The smallest absolute Gasteiger partial charge is 0.231 e. The second-order valence-electron chi connectivity index (χ2n) is 3.93. The Balaban J connectivity index is 1.88. The van der Waals surface area contributed by atoms with Crippen LogP contribution >= 0.6 is 0 Å². The van der Waals surface area contributed by atoms with E-state index in [0.717, 1.165) is 23.7 Å². The quantitative estimate of drug-likeness (QED) is 0.576. The molecule has 16 heavy (non-hydrogen) atoms. The largest absolute Gasteiger partial charge is 0.493 e. The maximum absolute atomic E-state index is 5.60. The Bertz CT molecular complexity index is 392. The third-order valence-electron chi connectivity index (χ3n) is 2.28. The van der Waals surface area contributed by atoms with Crippen molar-refractivity contribution in [2.45, 2.75) is 20.3 Å². The van der Waals surface area contributed by atoms with E-state index < -0.39 is 0 Å². The van der Waals surface area contributed by atoms with Gasteiger partial charge in [-0.3, -0.25) is 0 Å². The SMILES string of the molecule is CC(C)=CCCOc1ccc2c(c1)OCO2. The lowest BCUT2D eigenvalue weighted by Gasteiger charge is -2.05. The van der Waals surface area contributed by atoms with Crippen LogP contribution in [0, 0.1) is 0 Å². The molecule has 1 aliphatic rings. The zero-order chi connectivity index (χ0) is 11.4. The summed E-state index contributed by atoms with van der Waals surface area (Å²) in [6.45, 7) is 5.16. The fourth-order valence-electron chi connectivity index (χ4n) is 1.49. The van der Waals surface area contributed by atoms with Crippen LogP contribution in [0.25, 0.3) is 0 Å². The predicted octanol–water partition coefficient (Wildman–Crippen LogP) is 3.15. The Morgan fingerprint density at radius 2 is 2.12 bits per heavy atom. The van der Waals surface area contributed by atoms with E-state index in [4.69, 9.17) is 14.2 Å². The van der Waals surface area contributed by atoms with Crippen LogP contribution in [0.5, 0.6) is 17.2 Å². The molecule has 1 aromatic rings. The van der Waals surface area contributed by atoms with Crippen molar-refractivity contribution in [3.8, 4) is 17.2 Å². The molecular weight excluding hydrogens is 204 g/mol. The van der Waals surface area contributed by atoms with E-state index >= 15 is 0 Å². The van der Waals surface area contributed by atoms with E-state index in [0.29, 0.717) is 13.4 Å². The van der Waals surface area contributed by atoms with E-state index in [9.17, 15) is 0 Å². The molecule has 86 valence electrons. The monoisotopic (exact) mass is 220 g/mol. The van der Waals surface area contributed by atoms with E-state index in [1.807, 2.05) is 18.2 Å². The molecule has 3 nitrogen and oxygen atoms in total. The number of allylic oxidation sites excluding steroid dienone is 1. The number of ether oxygens (including phenoxy) is 3. The maximum atomic E-state index is 5.60. The zero-order valence-electron chi connectivity index (χ0n) is 9.66. The topological polar surface area (TPSA) is 27.7 Å². The van der Waals surface area contributed by atoms with Gasteiger partial charge in [-0.25, -0.2) is 0 Å². The van der Waals surface area contributed by atoms with Gasteiger partial charge in [-0.15, -0.1) is 0 Å². The van der Waals surface area contributed by atoms with Crippen LogP contribution in [0.3, 0.4) is 0 Å². The van der Waals surface area contributed by atoms with Crippen LogP contribution in [-0.4, -0.2) is 13.4 Å². The highest BCUT2D eigenvalue weighted by Crippen LogP contribution is 2.35. The van der Waals surface area contributed by atoms with Gasteiger partial charge in [0, 0.05) is 6.07 Å². The Morgan fingerprint density at radius 3 is 2.94 bits per heavy atom. The van der Waals surface area contributed by atoms with Gasteiger partial charge in [0.15, 0.2) is 11.5 Å². The summed E-state index contributed by atoms with van der Waals surface area (Å²) in [5.41, 5.74) is 1.31. The first-order chi connectivity index (χ1) is 7.75. The average molecular weight is 220 g/mol. The standard InChI is InChI=1S/C13H16O3/c1-10(2)4-3-7-14-11-5-6-12-13(8-11)16-9-15-12/h4-6,8H,3,7,9H2,1-2H3. The van der Waals surface area contributed by atoms with Crippen LogP contribution in [0.1, 0.15) is 20.3 Å². The number of fused-ring (bicyclic) bond motifs is 1. The molecule has 0 atom stereocenters. The van der Waals surface area contributed by atoms with E-state index in [1.54, 1.807) is 0 Å². The van der Waals surface area contributed by atoms with E-state index in [1.165, 1.54) is 5.57 Å². The van der Waals surface area contributed by atoms with Crippen molar-refractivity contribution in [3.05, 3.63) is 29.8 Å². The molecule has 0 spiro atoms. The molecule has 0 amide bonds. The summed E-state index contributed by atoms with van der Waals surface area (Å²) < 4.78 is 16.1. The minimum absolute atomic E-state index is 0.302. The summed E-state index contributed by atoms with van der Waals surface area (Å²) in [5.74, 6) is 2.38. The summed E-state index contributed by atoms with van der Waals surface area (Å²) >= 11 is 0. The van der Waals surface area contributed by atoms with Crippen molar-refractivity contribution in [1.82, 2.24) is 0 Å². The Labute approximate surface area is 95.6 Å². The molecule has 2 rings (SSSR count). The maximum Gasteiger partial charge on any atom is 0.231 e. The molecule has 0 aliphatic carbocycles. The first-order valence-corrected chi connectivity index (χ1v) is 5.41. The highest BCUT2D eigenvalue weighted by molar-refractivity contribution is 5.46. The molecule has 0 radical (unpaired) electrons. The fraction of sp³-hybridized carbons (Fsp3) is 0.385. The lowest BCUT2D eigenvalue weighted by molar-refractivity contribution is 0.173. The van der Waals surface area contributed by atoms with Crippen molar-refractivity contribution in [3.63, 3.8) is 0 Å². The van der Waals surface area contributed by atoms with Crippen LogP contribution in [0.4, 0.5) is 0 Å². The molecule has 0 bridgehead atoms. The second-order valence-corrected chi connectivity index (χ2v) is 3.93. The normalized spacial score (nSPS) is 12.4. The van der Waals surface area contributed by atoms with Crippen molar-refractivity contribution in [2.24, 2.45) is 0 Å². The fourth-order valence-corrected chi connectivity index (χ4v) is 1.49. The minimum atomic E-state index is 0.302. The molecule has 3 heteroatoms. The van der Waals surface area contributed by atoms with Gasteiger partial charge in [-0.2, -0.15) is 0 Å².